The van der Waals surface area contributed by atoms with Crippen LogP contribution < -0.4 is 5.32 Å². The molecule has 178 valence electrons. The standard InChI is InChI=1S/C27H30N2O5/c30-24(29-14-5-11-23(29)25(31)32)15-27(12-6-13-27)17-28-26(33)34-16-22-20-9-3-1-7-18(20)19-8-2-4-10-21(19)22/h1-4,7-10,22-23H,5-6,11-17H2,(H,28,33)(H,31,32)/t23-/m0/s1. The predicted molar refractivity (Wildman–Crippen MR) is 126 cm³/mol. The Hall–Kier alpha value is -3.35. The summed E-state index contributed by atoms with van der Waals surface area (Å²) in [5.74, 6) is -1.07. The minimum atomic E-state index is -0.940. The van der Waals surface area contributed by atoms with Crippen molar-refractivity contribution in [1.29, 1.82) is 0 Å². The number of likely N-dealkylation sites (tertiary alicyclic amines) is 1. The van der Waals surface area contributed by atoms with Crippen molar-refractivity contribution in [2.45, 2.75) is 50.5 Å². The second kappa shape index (κ2) is 9.12. The highest BCUT2D eigenvalue weighted by atomic mass is 16.5. The van der Waals surface area contributed by atoms with Crippen molar-refractivity contribution in [2.24, 2.45) is 5.41 Å². The number of amides is 2. The number of carboxylic acid groups (broad SMARTS) is 1. The molecule has 2 N–H and O–H groups in total. The van der Waals surface area contributed by atoms with Gasteiger partial charge in [-0.1, -0.05) is 55.0 Å². The number of benzene rings is 2. The van der Waals surface area contributed by atoms with Gasteiger partial charge in [-0.15, -0.1) is 0 Å². The van der Waals surface area contributed by atoms with Crippen LogP contribution >= 0.6 is 0 Å². The molecule has 0 spiro atoms. The number of hydrogen-bond donors (Lipinski definition) is 2. The Bertz CT molecular complexity index is 1060. The number of nitrogens with one attached hydrogen (secondary N) is 1. The number of fused-ring (bicyclic) bond motifs is 3. The topological polar surface area (TPSA) is 95.9 Å². The number of nitrogens with zero attached hydrogens (tertiary/aromatic N) is 1. The minimum absolute atomic E-state index is 0.000472. The Morgan fingerprint density at radius 2 is 1.65 bits per heavy atom. The number of carbonyl (C=O) groups excluding carboxylic acids is 2. The van der Waals surface area contributed by atoms with E-state index < -0.39 is 18.1 Å². The Labute approximate surface area is 199 Å². The molecule has 0 bridgehead atoms. The molecule has 1 heterocycles. The number of carbonyl (C=O) groups is 3. The van der Waals surface area contributed by atoms with Crippen LogP contribution in [0.3, 0.4) is 0 Å². The summed E-state index contributed by atoms with van der Waals surface area (Å²) in [6.07, 6.45) is 3.69. The third kappa shape index (κ3) is 4.15. The molecule has 7 nitrogen and oxygen atoms in total. The zero-order valence-corrected chi connectivity index (χ0v) is 19.2. The first-order chi connectivity index (χ1) is 16.5. The van der Waals surface area contributed by atoms with Crippen molar-refractivity contribution in [2.75, 3.05) is 19.7 Å². The fourth-order valence-electron chi connectivity index (χ4n) is 5.75. The summed E-state index contributed by atoms with van der Waals surface area (Å²) >= 11 is 0. The maximum absolute atomic E-state index is 12.9. The molecule has 0 aromatic heterocycles. The summed E-state index contributed by atoms with van der Waals surface area (Å²) < 4.78 is 5.63. The summed E-state index contributed by atoms with van der Waals surface area (Å²) in [6, 6.07) is 15.7. The van der Waals surface area contributed by atoms with Crippen LogP contribution in [0.2, 0.25) is 0 Å². The molecule has 1 aliphatic heterocycles. The van der Waals surface area contributed by atoms with E-state index in [1.165, 1.54) is 16.0 Å². The highest BCUT2D eigenvalue weighted by Gasteiger charge is 2.43. The molecular formula is C27H30N2O5. The van der Waals surface area contributed by atoms with Crippen LogP contribution in [0, 0.1) is 5.41 Å². The van der Waals surface area contributed by atoms with E-state index in [1.807, 2.05) is 24.3 Å². The van der Waals surface area contributed by atoms with E-state index in [0.29, 0.717) is 25.9 Å². The number of aliphatic carboxylic acids is 1. The first kappa shape index (κ1) is 22.4. The smallest absolute Gasteiger partial charge is 0.407 e. The van der Waals surface area contributed by atoms with E-state index in [0.717, 1.165) is 30.4 Å². The van der Waals surface area contributed by atoms with Crippen LogP contribution in [0.4, 0.5) is 4.79 Å². The lowest BCUT2D eigenvalue weighted by Gasteiger charge is -2.42. The lowest BCUT2D eigenvalue weighted by molar-refractivity contribution is -0.149. The molecule has 2 aromatic carbocycles. The molecule has 1 saturated carbocycles. The number of alkyl carbamates (subject to hydrolysis) is 1. The van der Waals surface area contributed by atoms with Crippen molar-refractivity contribution in [3.05, 3.63) is 59.7 Å². The van der Waals surface area contributed by atoms with Crippen LogP contribution in [0.25, 0.3) is 11.1 Å². The molecule has 2 aliphatic carbocycles. The highest BCUT2D eigenvalue weighted by molar-refractivity contribution is 5.85. The number of ether oxygens (including phenoxy) is 1. The van der Waals surface area contributed by atoms with Gasteiger partial charge < -0.3 is 20.1 Å². The van der Waals surface area contributed by atoms with Crippen molar-refractivity contribution in [3.8, 4) is 11.1 Å². The van der Waals surface area contributed by atoms with Gasteiger partial charge in [0, 0.05) is 25.4 Å². The van der Waals surface area contributed by atoms with Gasteiger partial charge in [0.25, 0.3) is 0 Å². The van der Waals surface area contributed by atoms with Gasteiger partial charge in [0.15, 0.2) is 0 Å². The maximum Gasteiger partial charge on any atom is 0.407 e. The van der Waals surface area contributed by atoms with E-state index in [1.54, 1.807) is 0 Å². The van der Waals surface area contributed by atoms with Gasteiger partial charge in [-0.05, 0) is 53.4 Å². The molecule has 2 amide bonds. The molecule has 7 heteroatoms. The monoisotopic (exact) mass is 462 g/mol. The van der Waals surface area contributed by atoms with Crippen LogP contribution in [0.15, 0.2) is 48.5 Å². The zero-order valence-electron chi connectivity index (χ0n) is 19.2. The van der Waals surface area contributed by atoms with Gasteiger partial charge in [-0.25, -0.2) is 9.59 Å². The summed E-state index contributed by atoms with van der Waals surface area (Å²) in [6.45, 7) is 1.10. The molecule has 5 rings (SSSR count). The molecule has 3 aliphatic rings. The van der Waals surface area contributed by atoms with E-state index in [2.05, 4.69) is 29.6 Å². The van der Waals surface area contributed by atoms with Gasteiger partial charge in [0.05, 0.1) is 0 Å². The molecule has 0 unspecified atom stereocenters. The van der Waals surface area contributed by atoms with E-state index in [9.17, 15) is 19.5 Å². The van der Waals surface area contributed by atoms with E-state index in [4.69, 9.17) is 4.74 Å². The summed E-state index contributed by atoms with van der Waals surface area (Å²) in [5.41, 5.74) is 4.38. The summed E-state index contributed by atoms with van der Waals surface area (Å²) in [5, 5.41) is 12.3. The number of carboxylic acids is 1. The van der Waals surface area contributed by atoms with Gasteiger partial charge in [-0.3, -0.25) is 4.79 Å². The fraction of sp³-hybridized carbons (Fsp3) is 0.444. The van der Waals surface area contributed by atoms with E-state index in [-0.39, 0.29) is 30.3 Å². The molecular weight excluding hydrogens is 432 g/mol. The average Bonchev–Trinajstić information content (AvgIpc) is 3.43. The van der Waals surface area contributed by atoms with Crippen molar-refractivity contribution in [3.63, 3.8) is 0 Å². The van der Waals surface area contributed by atoms with Gasteiger partial charge in [0.1, 0.15) is 12.6 Å². The summed E-state index contributed by atoms with van der Waals surface area (Å²) in [7, 11) is 0. The van der Waals surface area contributed by atoms with Crippen LogP contribution in [0.5, 0.6) is 0 Å². The third-order valence-corrected chi connectivity index (χ3v) is 7.75. The quantitative estimate of drug-likeness (QED) is 0.644. The second-order valence-electron chi connectivity index (χ2n) is 9.79. The lowest BCUT2D eigenvalue weighted by Crippen LogP contribution is -2.48. The van der Waals surface area contributed by atoms with E-state index >= 15 is 0 Å². The maximum atomic E-state index is 12.9. The fourth-order valence-corrected chi connectivity index (χ4v) is 5.75. The molecule has 34 heavy (non-hydrogen) atoms. The van der Waals surface area contributed by atoms with Crippen LogP contribution in [-0.4, -0.2) is 53.7 Å². The number of hydrogen-bond acceptors (Lipinski definition) is 4. The van der Waals surface area contributed by atoms with Crippen molar-refractivity contribution >= 4 is 18.0 Å². The SMILES string of the molecule is O=C(NCC1(CC(=O)N2CCC[C@H]2C(=O)O)CCC1)OCC1c2ccccc2-c2ccccc21. The largest absolute Gasteiger partial charge is 0.480 e. The Morgan fingerprint density at radius 3 is 2.24 bits per heavy atom. The third-order valence-electron chi connectivity index (χ3n) is 7.75. The first-order valence-corrected chi connectivity index (χ1v) is 12.1. The Balaban J connectivity index is 1.17. The van der Waals surface area contributed by atoms with Gasteiger partial charge in [-0.2, -0.15) is 0 Å². The van der Waals surface area contributed by atoms with Crippen LogP contribution in [0.1, 0.15) is 55.6 Å². The normalized spacial score (nSPS) is 20.2. The molecule has 1 saturated heterocycles. The van der Waals surface area contributed by atoms with Crippen molar-refractivity contribution < 1.29 is 24.2 Å². The number of rotatable bonds is 7. The molecule has 2 aromatic rings. The lowest BCUT2D eigenvalue weighted by atomic mass is 9.66. The predicted octanol–water partition coefficient (Wildman–Crippen LogP) is 4.16. The highest BCUT2D eigenvalue weighted by Crippen LogP contribution is 2.45. The van der Waals surface area contributed by atoms with Crippen LogP contribution in [-0.2, 0) is 14.3 Å². The Morgan fingerprint density at radius 1 is 1.00 bits per heavy atom. The minimum Gasteiger partial charge on any atom is -0.480 e. The second-order valence-corrected chi connectivity index (χ2v) is 9.79. The van der Waals surface area contributed by atoms with Gasteiger partial charge in [0.2, 0.25) is 5.91 Å². The molecule has 0 radical (unpaired) electrons. The van der Waals surface area contributed by atoms with Gasteiger partial charge >= 0.3 is 12.1 Å². The summed E-state index contributed by atoms with van der Waals surface area (Å²) in [4.78, 5) is 38.4. The first-order valence-electron chi connectivity index (χ1n) is 12.1. The van der Waals surface area contributed by atoms with Crippen molar-refractivity contribution in [1.82, 2.24) is 10.2 Å². The molecule has 1 atom stereocenters. The zero-order chi connectivity index (χ0) is 23.7. The Kier molecular flexibility index (Phi) is 6.02. The average molecular weight is 463 g/mol. The molecule has 2 fully saturated rings.